The van der Waals surface area contributed by atoms with Crippen molar-refractivity contribution >= 4 is 5.91 Å². The lowest BCUT2D eigenvalue weighted by Crippen LogP contribution is -2.34. The summed E-state index contributed by atoms with van der Waals surface area (Å²) in [5, 5.41) is 3.79. The molecule has 2 heterocycles. The Morgan fingerprint density at radius 1 is 1.23 bits per heavy atom. The highest BCUT2D eigenvalue weighted by Crippen LogP contribution is 2.13. The monoisotopic (exact) mass is 355 g/mol. The maximum absolute atomic E-state index is 13.1. The lowest BCUT2D eigenvalue weighted by atomic mass is 10.1. The van der Waals surface area contributed by atoms with Gasteiger partial charge in [0.1, 0.15) is 11.4 Å². The summed E-state index contributed by atoms with van der Waals surface area (Å²) >= 11 is 0. The first-order valence-corrected chi connectivity index (χ1v) is 8.02. The molecule has 1 aromatic carbocycles. The van der Waals surface area contributed by atoms with Gasteiger partial charge in [-0.25, -0.2) is 4.39 Å². The van der Waals surface area contributed by atoms with Crippen molar-refractivity contribution in [1.82, 2.24) is 14.6 Å². The van der Waals surface area contributed by atoms with Gasteiger partial charge in [-0.2, -0.15) is 0 Å². The topological polar surface area (TPSA) is 68.3 Å². The van der Waals surface area contributed by atoms with Crippen LogP contribution in [0.3, 0.4) is 0 Å². The van der Waals surface area contributed by atoms with Crippen molar-refractivity contribution in [2.45, 2.75) is 20.4 Å². The van der Waals surface area contributed by atoms with Crippen LogP contribution in [0.4, 0.5) is 4.39 Å². The number of benzene rings is 1. The highest BCUT2D eigenvalue weighted by molar-refractivity contribution is 5.95. The molecule has 0 aliphatic rings. The van der Waals surface area contributed by atoms with Gasteiger partial charge in [-0.05, 0) is 49.7 Å². The van der Waals surface area contributed by atoms with E-state index < -0.39 is 17.3 Å². The number of nitrogens with zero attached hydrogens (tertiary/aromatic N) is 3. The van der Waals surface area contributed by atoms with Gasteiger partial charge in [0.05, 0.1) is 12.2 Å². The van der Waals surface area contributed by atoms with Crippen LogP contribution in [0.25, 0.3) is 5.69 Å². The molecule has 0 fully saturated rings. The number of amides is 1. The number of hydrogen-bond donors (Lipinski definition) is 0. The highest BCUT2D eigenvalue weighted by Gasteiger charge is 2.21. The summed E-state index contributed by atoms with van der Waals surface area (Å²) in [4.78, 5) is 27.1. The second-order valence-electron chi connectivity index (χ2n) is 6.12. The van der Waals surface area contributed by atoms with Crippen LogP contribution in [0.15, 0.2) is 51.9 Å². The number of aromatic nitrogens is 2. The Morgan fingerprint density at radius 3 is 2.54 bits per heavy atom. The molecular formula is C19H18FN3O3. The van der Waals surface area contributed by atoms with Crippen molar-refractivity contribution < 1.29 is 13.7 Å². The summed E-state index contributed by atoms with van der Waals surface area (Å²) < 4.78 is 19.6. The second kappa shape index (κ2) is 6.95. The van der Waals surface area contributed by atoms with Crippen LogP contribution in [0.5, 0.6) is 0 Å². The van der Waals surface area contributed by atoms with Gasteiger partial charge in [0.15, 0.2) is 5.76 Å². The fourth-order valence-electron chi connectivity index (χ4n) is 2.68. The van der Waals surface area contributed by atoms with Gasteiger partial charge < -0.3 is 9.42 Å². The SMILES string of the molecule is Cc1cc(CN(C)C(=O)c2c(C)ccn(-c3ccc(F)cc3)c2=O)on1. The molecule has 0 aliphatic heterocycles. The lowest BCUT2D eigenvalue weighted by molar-refractivity contribution is 0.0769. The molecule has 0 radical (unpaired) electrons. The number of carbonyl (C=O) groups is 1. The molecule has 0 saturated carbocycles. The summed E-state index contributed by atoms with van der Waals surface area (Å²) in [6, 6.07) is 8.93. The average molecular weight is 355 g/mol. The number of rotatable bonds is 4. The molecule has 6 nitrogen and oxygen atoms in total. The number of aryl methyl sites for hydroxylation is 2. The first kappa shape index (κ1) is 17.6. The van der Waals surface area contributed by atoms with Crippen molar-refractivity contribution in [1.29, 1.82) is 0 Å². The van der Waals surface area contributed by atoms with Crippen LogP contribution in [-0.4, -0.2) is 27.6 Å². The molecule has 26 heavy (non-hydrogen) atoms. The lowest BCUT2D eigenvalue weighted by Gasteiger charge is -2.17. The third kappa shape index (κ3) is 3.42. The van der Waals surface area contributed by atoms with E-state index in [1.807, 2.05) is 0 Å². The van der Waals surface area contributed by atoms with Gasteiger partial charge in [0, 0.05) is 25.0 Å². The smallest absolute Gasteiger partial charge is 0.268 e. The molecule has 2 aromatic heterocycles. The predicted molar refractivity (Wildman–Crippen MR) is 93.8 cm³/mol. The highest BCUT2D eigenvalue weighted by atomic mass is 19.1. The quantitative estimate of drug-likeness (QED) is 0.722. The fourth-order valence-corrected chi connectivity index (χ4v) is 2.68. The molecule has 0 aliphatic carbocycles. The first-order valence-electron chi connectivity index (χ1n) is 8.02. The van der Waals surface area contributed by atoms with E-state index in [0.717, 1.165) is 5.69 Å². The number of halogens is 1. The molecular weight excluding hydrogens is 337 g/mol. The van der Waals surface area contributed by atoms with Gasteiger partial charge in [-0.1, -0.05) is 5.16 Å². The summed E-state index contributed by atoms with van der Waals surface area (Å²) in [6.07, 6.45) is 1.57. The van der Waals surface area contributed by atoms with Crippen LogP contribution in [0.1, 0.15) is 27.4 Å². The Hall–Kier alpha value is -3.22. The minimum atomic E-state index is -0.456. The minimum absolute atomic E-state index is 0.0653. The number of pyridine rings is 1. The van der Waals surface area contributed by atoms with E-state index in [-0.39, 0.29) is 12.1 Å². The molecule has 0 atom stereocenters. The molecule has 7 heteroatoms. The van der Waals surface area contributed by atoms with E-state index in [2.05, 4.69) is 5.16 Å². The summed E-state index contributed by atoms with van der Waals surface area (Å²) in [5.41, 5.74) is 1.38. The average Bonchev–Trinajstić information content (AvgIpc) is 3.01. The molecule has 134 valence electrons. The molecule has 3 rings (SSSR count). The van der Waals surface area contributed by atoms with Crippen molar-refractivity contribution in [3.63, 3.8) is 0 Å². The first-order chi connectivity index (χ1) is 12.4. The van der Waals surface area contributed by atoms with Gasteiger partial charge in [-0.15, -0.1) is 0 Å². The number of hydrogen-bond acceptors (Lipinski definition) is 4. The summed E-state index contributed by atoms with van der Waals surface area (Å²) in [7, 11) is 1.59. The van der Waals surface area contributed by atoms with Crippen LogP contribution in [0.2, 0.25) is 0 Å². The van der Waals surface area contributed by atoms with Gasteiger partial charge >= 0.3 is 0 Å². The second-order valence-corrected chi connectivity index (χ2v) is 6.12. The Balaban J connectivity index is 1.96. The van der Waals surface area contributed by atoms with Gasteiger partial charge in [0.2, 0.25) is 0 Å². The van der Waals surface area contributed by atoms with Crippen molar-refractivity contribution in [2.24, 2.45) is 0 Å². The normalized spacial score (nSPS) is 10.8. The molecule has 1 amide bonds. The van der Waals surface area contributed by atoms with Crippen LogP contribution >= 0.6 is 0 Å². The zero-order valence-corrected chi connectivity index (χ0v) is 14.7. The standard InChI is InChI=1S/C19H18FN3O3/c1-12-8-9-23(15-6-4-14(20)5-7-15)19(25)17(12)18(24)22(3)11-16-10-13(2)21-26-16/h4-10H,11H2,1-3H3. The Bertz CT molecular complexity index is 1010. The molecule has 3 aromatic rings. The fraction of sp³-hybridized carbons (Fsp3) is 0.211. The van der Waals surface area contributed by atoms with Crippen LogP contribution in [0, 0.1) is 19.7 Å². The minimum Gasteiger partial charge on any atom is -0.359 e. The third-order valence-electron chi connectivity index (χ3n) is 4.04. The van der Waals surface area contributed by atoms with E-state index >= 15 is 0 Å². The molecule has 0 N–H and O–H groups in total. The Morgan fingerprint density at radius 2 is 1.92 bits per heavy atom. The summed E-state index contributed by atoms with van der Waals surface area (Å²) in [6.45, 7) is 3.69. The molecule has 0 spiro atoms. The van der Waals surface area contributed by atoms with E-state index in [4.69, 9.17) is 4.52 Å². The van der Waals surface area contributed by atoms with Crippen molar-refractivity contribution in [3.05, 3.63) is 81.3 Å². The summed E-state index contributed by atoms with van der Waals surface area (Å²) in [5.74, 6) is -0.281. The Labute approximate surface area is 149 Å². The Kier molecular flexibility index (Phi) is 4.71. The van der Waals surface area contributed by atoms with Crippen molar-refractivity contribution in [3.8, 4) is 5.69 Å². The van der Waals surface area contributed by atoms with Gasteiger partial charge in [-0.3, -0.25) is 14.2 Å². The van der Waals surface area contributed by atoms with E-state index in [0.29, 0.717) is 17.0 Å². The van der Waals surface area contributed by atoms with Crippen LogP contribution in [-0.2, 0) is 6.54 Å². The maximum atomic E-state index is 13.1. The van der Waals surface area contributed by atoms with E-state index in [1.54, 1.807) is 39.2 Å². The van der Waals surface area contributed by atoms with Gasteiger partial charge in [0.25, 0.3) is 11.5 Å². The molecule has 0 saturated heterocycles. The predicted octanol–water partition coefficient (Wildman–Crippen LogP) is 2.85. The van der Waals surface area contributed by atoms with Crippen LogP contribution < -0.4 is 5.56 Å². The third-order valence-corrected chi connectivity index (χ3v) is 4.04. The number of carbonyl (C=O) groups excluding carboxylic acids is 1. The van der Waals surface area contributed by atoms with E-state index in [1.165, 1.54) is 33.7 Å². The largest absolute Gasteiger partial charge is 0.359 e. The zero-order valence-electron chi connectivity index (χ0n) is 14.7. The van der Waals surface area contributed by atoms with Crippen molar-refractivity contribution in [2.75, 3.05) is 7.05 Å². The molecule has 0 bridgehead atoms. The maximum Gasteiger partial charge on any atom is 0.268 e. The zero-order chi connectivity index (χ0) is 18.8. The molecule has 0 unspecified atom stereocenters. The van der Waals surface area contributed by atoms with E-state index in [9.17, 15) is 14.0 Å².